The van der Waals surface area contributed by atoms with Gasteiger partial charge in [-0.2, -0.15) is 10.2 Å². The molecule has 3 rings (SSSR count). The van der Waals surface area contributed by atoms with Gasteiger partial charge < -0.3 is 9.47 Å². The third kappa shape index (κ3) is 7.00. The molecule has 8 nitrogen and oxygen atoms in total. The van der Waals surface area contributed by atoms with E-state index in [2.05, 4.69) is 21.1 Å². The van der Waals surface area contributed by atoms with Crippen molar-refractivity contribution in [2.45, 2.75) is 40.5 Å². The average molecular weight is 533 g/mol. The van der Waals surface area contributed by atoms with Gasteiger partial charge in [0.15, 0.2) is 11.5 Å². The number of hydrazone groups is 2. The predicted octanol–water partition coefficient (Wildman–Crippen LogP) is 5.76. The molecule has 186 valence electrons. The molecule has 3 aromatic rings. The van der Waals surface area contributed by atoms with Crippen molar-refractivity contribution >= 4 is 57.2 Å². The van der Waals surface area contributed by atoms with Gasteiger partial charge in [0.1, 0.15) is 9.75 Å². The van der Waals surface area contributed by atoms with Gasteiger partial charge >= 0.3 is 0 Å². The first-order chi connectivity index (χ1) is 17.0. The second-order valence-electron chi connectivity index (χ2n) is 7.35. The molecule has 3 heterocycles. The van der Waals surface area contributed by atoms with Gasteiger partial charge in [0.2, 0.25) is 0 Å². The van der Waals surface area contributed by atoms with Crippen molar-refractivity contribution in [1.82, 2.24) is 10.9 Å². The molecule has 0 aliphatic rings. The number of carbonyl (C=O) groups excluding carboxylic acids is 2. The molecule has 0 aromatic carbocycles. The topological polar surface area (TPSA) is 101 Å². The van der Waals surface area contributed by atoms with Crippen molar-refractivity contribution in [3.05, 3.63) is 54.5 Å². The highest BCUT2D eigenvalue weighted by Crippen LogP contribution is 2.43. The lowest BCUT2D eigenvalue weighted by Gasteiger charge is -2.11. The number of rotatable bonds is 12. The zero-order chi connectivity index (χ0) is 25.2. The summed E-state index contributed by atoms with van der Waals surface area (Å²) in [6, 6.07) is 7.69. The zero-order valence-corrected chi connectivity index (χ0v) is 22.5. The average Bonchev–Trinajstić information content (AvgIpc) is 3.64. The fraction of sp³-hybridized carbons (Fsp3) is 0.333. The van der Waals surface area contributed by atoms with E-state index in [1.807, 2.05) is 62.7 Å². The normalized spacial score (nSPS) is 11.9. The summed E-state index contributed by atoms with van der Waals surface area (Å²) in [6.45, 7) is 8.29. The quantitative estimate of drug-likeness (QED) is 0.229. The Kier molecular flexibility index (Phi) is 10.0. The van der Waals surface area contributed by atoms with E-state index in [0.717, 1.165) is 33.9 Å². The summed E-state index contributed by atoms with van der Waals surface area (Å²) in [5, 5.41) is 12.3. The number of nitrogens with one attached hydrogen (secondary N) is 2. The van der Waals surface area contributed by atoms with Gasteiger partial charge in [-0.15, -0.1) is 34.0 Å². The van der Waals surface area contributed by atoms with Gasteiger partial charge in [0.25, 0.3) is 11.8 Å². The Balaban J connectivity index is 1.91. The van der Waals surface area contributed by atoms with Crippen LogP contribution in [0.2, 0.25) is 0 Å². The van der Waals surface area contributed by atoms with Crippen molar-refractivity contribution < 1.29 is 19.1 Å². The fourth-order valence-electron chi connectivity index (χ4n) is 2.82. The van der Waals surface area contributed by atoms with Gasteiger partial charge in [0.05, 0.1) is 24.6 Å². The first-order valence-corrected chi connectivity index (χ1v) is 13.7. The third-order valence-electron chi connectivity index (χ3n) is 4.54. The van der Waals surface area contributed by atoms with E-state index in [1.165, 1.54) is 22.7 Å². The molecule has 3 aromatic heterocycles. The van der Waals surface area contributed by atoms with Crippen LogP contribution in [0.25, 0.3) is 0 Å². The van der Waals surface area contributed by atoms with Gasteiger partial charge in [-0.3, -0.25) is 9.59 Å². The second-order valence-corrected chi connectivity index (χ2v) is 10.3. The Labute approximate surface area is 216 Å². The summed E-state index contributed by atoms with van der Waals surface area (Å²) in [7, 11) is 0. The van der Waals surface area contributed by atoms with Crippen molar-refractivity contribution in [3.63, 3.8) is 0 Å². The largest absolute Gasteiger partial charge is 0.488 e. The minimum Gasteiger partial charge on any atom is -0.488 e. The van der Waals surface area contributed by atoms with Crippen LogP contribution < -0.4 is 20.3 Å². The minimum atomic E-state index is -0.476. The number of hydrogen-bond donors (Lipinski definition) is 2. The fourth-order valence-corrected chi connectivity index (χ4v) is 5.14. The third-order valence-corrected chi connectivity index (χ3v) is 7.65. The molecular formula is C24H28N4O4S3. The van der Waals surface area contributed by atoms with E-state index in [0.29, 0.717) is 24.6 Å². The van der Waals surface area contributed by atoms with Crippen LogP contribution in [0.5, 0.6) is 11.5 Å². The highest BCUT2D eigenvalue weighted by molar-refractivity contribution is 7.16. The van der Waals surface area contributed by atoms with Crippen LogP contribution in [-0.2, 0) is 0 Å². The van der Waals surface area contributed by atoms with Crippen LogP contribution in [0, 0.1) is 0 Å². The molecule has 0 saturated carbocycles. The van der Waals surface area contributed by atoms with Crippen LogP contribution in [0.4, 0.5) is 0 Å². The Bertz CT molecular complexity index is 1090. The Morgan fingerprint density at radius 2 is 1.23 bits per heavy atom. The predicted molar refractivity (Wildman–Crippen MR) is 144 cm³/mol. The highest BCUT2D eigenvalue weighted by atomic mass is 32.1. The standard InChI is InChI=1S/C24H28N4O4S3/c1-5-11-31-19-20(32-12-6-2)22(24(30)28-26-16(4)18-10-8-14-34-18)35-21(19)23(29)27-25-15(3)17-9-7-13-33-17/h7-10,13-14H,5-6,11-12H2,1-4H3,(H,27,29)(H,28,30)/b25-15+,26-16+. The van der Waals surface area contributed by atoms with Crippen molar-refractivity contribution in [2.24, 2.45) is 10.2 Å². The van der Waals surface area contributed by atoms with E-state index in [-0.39, 0.29) is 21.3 Å². The van der Waals surface area contributed by atoms with E-state index in [9.17, 15) is 9.59 Å². The molecular weight excluding hydrogens is 504 g/mol. The van der Waals surface area contributed by atoms with Crippen LogP contribution in [0.15, 0.2) is 45.2 Å². The van der Waals surface area contributed by atoms with Crippen LogP contribution >= 0.6 is 34.0 Å². The first kappa shape index (κ1) is 26.6. The molecule has 0 aliphatic heterocycles. The lowest BCUT2D eigenvalue weighted by molar-refractivity contribution is 0.0945. The molecule has 0 saturated heterocycles. The number of thiophene rings is 3. The van der Waals surface area contributed by atoms with Crippen molar-refractivity contribution in [3.8, 4) is 11.5 Å². The van der Waals surface area contributed by atoms with E-state index >= 15 is 0 Å². The second kappa shape index (κ2) is 13.2. The summed E-state index contributed by atoms with van der Waals surface area (Å²) in [4.78, 5) is 28.5. The monoisotopic (exact) mass is 532 g/mol. The molecule has 2 N–H and O–H groups in total. The maximum atomic E-state index is 13.1. The lowest BCUT2D eigenvalue weighted by atomic mass is 10.3. The maximum absolute atomic E-state index is 13.1. The van der Waals surface area contributed by atoms with Gasteiger partial charge in [-0.05, 0) is 49.6 Å². The summed E-state index contributed by atoms with van der Waals surface area (Å²) in [5.41, 5.74) is 6.52. The highest BCUT2D eigenvalue weighted by Gasteiger charge is 2.29. The molecule has 0 unspecified atom stereocenters. The molecule has 35 heavy (non-hydrogen) atoms. The first-order valence-electron chi connectivity index (χ1n) is 11.2. The van der Waals surface area contributed by atoms with E-state index in [1.54, 1.807) is 0 Å². The van der Waals surface area contributed by atoms with Crippen LogP contribution in [-0.4, -0.2) is 36.5 Å². The van der Waals surface area contributed by atoms with Gasteiger partial charge in [-0.25, -0.2) is 10.9 Å². The number of nitrogens with zero attached hydrogens (tertiary/aromatic N) is 2. The molecule has 0 radical (unpaired) electrons. The maximum Gasteiger partial charge on any atom is 0.285 e. The summed E-state index contributed by atoms with van der Waals surface area (Å²) in [6.07, 6.45) is 1.46. The zero-order valence-electron chi connectivity index (χ0n) is 20.0. The van der Waals surface area contributed by atoms with Gasteiger partial charge in [0, 0.05) is 9.75 Å². The molecule has 0 aliphatic carbocycles. The Morgan fingerprint density at radius 3 is 1.57 bits per heavy atom. The Hall–Kier alpha value is -3.02. The SMILES string of the molecule is CCCOc1c(C(=O)N/N=C(\C)c2cccs2)sc(C(=O)N/N=C(\C)c2cccs2)c1OCCC. The van der Waals surface area contributed by atoms with E-state index in [4.69, 9.17) is 9.47 Å². The molecule has 0 bridgehead atoms. The van der Waals surface area contributed by atoms with Crippen LogP contribution in [0.1, 0.15) is 69.6 Å². The molecule has 0 fully saturated rings. The molecule has 11 heteroatoms. The number of carbonyl (C=O) groups is 2. The number of ether oxygens (including phenoxy) is 2. The van der Waals surface area contributed by atoms with Crippen LogP contribution in [0.3, 0.4) is 0 Å². The summed E-state index contributed by atoms with van der Waals surface area (Å²) < 4.78 is 11.8. The number of amides is 2. The molecule has 0 atom stereocenters. The summed E-state index contributed by atoms with van der Waals surface area (Å²) in [5.74, 6) is -0.460. The number of hydrogen-bond acceptors (Lipinski definition) is 9. The molecule has 2 amide bonds. The minimum absolute atomic E-state index is 0.219. The van der Waals surface area contributed by atoms with Gasteiger partial charge in [-0.1, -0.05) is 26.0 Å². The lowest BCUT2D eigenvalue weighted by Crippen LogP contribution is -2.19. The van der Waals surface area contributed by atoms with Crippen molar-refractivity contribution in [2.75, 3.05) is 13.2 Å². The summed E-state index contributed by atoms with van der Waals surface area (Å²) >= 11 is 4.05. The van der Waals surface area contributed by atoms with Crippen molar-refractivity contribution in [1.29, 1.82) is 0 Å². The molecule has 0 spiro atoms. The Morgan fingerprint density at radius 1 is 0.800 bits per heavy atom. The van der Waals surface area contributed by atoms with E-state index < -0.39 is 11.8 Å². The smallest absolute Gasteiger partial charge is 0.285 e.